The normalized spacial score (nSPS) is 9.84. The minimum Gasteiger partial charge on any atom is -0.472 e. The zero-order chi connectivity index (χ0) is 34.3. The Kier molecular flexibility index (Phi) is 22.7. The molecule has 0 aliphatic heterocycles. The Bertz CT molecular complexity index is 1340. The molecule has 0 unspecified atom stereocenters. The maximum atomic E-state index is 11.1. The topological polar surface area (TPSA) is 141 Å². The molecule has 3 aromatic heterocycles. The summed E-state index contributed by atoms with van der Waals surface area (Å²) in [6.45, 7) is 23.6. The van der Waals surface area contributed by atoms with Crippen molar-refractivity contribution >= 4 is 34.8 Å². The number of carbonyl (C=O) groups is 1. The number of nitrogen functional groups attached to an aromatic ring is 2. The molecule has 0 fully saturated rings. The Morgan fingerprint density at radius 1 is 1.05 bits per heavy atom. The number of ketones is 1. The molecule has 0 saturated heterocycles. The first-order chi connectivity index (χ1) is 20.9. The van der Waals surface area contributed by atoms with Crippen molar-refractivity contribution in [2.24, 2.45) is 4.99 Å². The number of furan rings is 1. The summed E-state index contributed by atoms with van der Waals surface area (Å²) in [7, 11) is 0. The molecule has 9 heteroatoms. The van der Waals surface area contributed by atoms with Gasteiger partial charge in [0.1, 0.15) is 16.5 Å². The average molecular weight is 626 g/mol. The van der Waals surface area contributed by atoms with Crippen LogP contribution in [0.5, 0.6) is 0 Å². The zero-order valence-corrected chi connectivity index (χ0v) is 29.7. The van der Waals surface area contributed by atoms with Crippen molar-refractivity contribution in [3.05, 3.63) is 71.3 Å². The number of aliphatic hydroxyl groups is 1. The molecule has 0 aliphatic rings. The minimum absolute atomic E-state index is 0.0282. The summed E-state index contributed by atoms with van der Waals surface area (Å²) in [5, 5.41) is 12.2. The van der Waals surface area contributed by atoms with Gasteiger partial charge in [0.2, 0.25) is 0 Å². The van der Waals surface area contributed by atoms with Crippen LogP contribution in [-0.2, 0) is 0 Å². The van der Waals surface area contributed by atoms with E-state index in [0.29, 0.717) is 23.7 Å². The number of anilines is 2. The van der Waals surface area contributed by atoms with Crippen LogP contribution in [0.4, 0.5) is 11.5 Å². The van der Waals surface area contributed by atoms with Crippen LogP contribution in [0.2, 0.25) is 0 Å². The molecule has 0 atom stereocenters. The van der Waals surface area contributed by atoms with Crippen LogP contribution >= 0.6 is 11.3 Å². The van der Waals surface area contributed by atoms with Gasteiger partial charge in [0.25, 0.3) is 0 Å². The summed E-state index contributed by atoms with van der Waals surface area (Å²) in [5.74, 6) is 0.423. The standard InChI is InChI=1S/C16H20N2O2.C10H9N3OS.C3H8.3C2H6/c1-11-6-13(8-18-10-16(2,3)19)15(17)7-14(11)12-4-5-20-9-12;1-6(14)8-5-15-10(13-8)7-2-3-12-9(11)4-7;1-3-2;3*1-2/h4-9,19H,10,17H2,1-3H3;2-5H,1H3,(H2,11,12);3H2,1-2H3;3*1-2H3. The van der Waals surface area contributed by atoms with E-state index in [2.05, 4.69) is 28.8 Å². The highest BCUT2D eigenvalue weighted by Crippen LogP contribution is 2.28. The van der Waals surface area contributed by atoms with Gasteiger partial charge < -0.3 is 21.0 Å². The first kappa shape index (κ1) is 42.3. The SMILES string of the molecule is CC.CC.CC.CC(=O)c1csc(-c2ccnc(N)c2)n1.CCC.Cc1cc(C=NCC(C)(C)O)c(N)cc1-c1ccoc1. The van der Waals surface area contributed by atoms with E-state index >= 15 is 0 Å². The number of Topliss-reactive ketones (excluding diaryl/α,β-unsaturated/α-hetero) is 1. The van der Waals surface area contributed by atoms with Gasteiger partial charge in [-0.3, -0.25) is 9.79 Å². The lowest BCUT2D eigenvalue weighted by molar-refractivity contribution is 0.0905. The Balaban J connectivity index is 0. The lowest BCUT2D eigenvalue weighted by Gasteiger charge is -2.13. The first-order valence-corrected chi connectivity index (χ1v) is 16.2. The van der Waals surface area contributed by atoms with E-state index in [4.69, 9.17) is 15.9 Å². The number of thiazole rings is 1. The lowest BCUT2D eigenvalue weighted by atomic mass is 9.99. The van der Waals surface area contributed by atoms with Crippen LogP contribution in [0.15, 0.2) is 63.8 Å². The van der Waals surface area contributed by atoms with Gasteiger partial charge in [0, 0.05) is 47.1 Å². The number of hydrogen-bond donors (Lipinski definition) is 3. The molecule has 4 rings (SSSR count). The number of pyridine rings is 1. The molecule has 3 heterocycles. The van der Waals surface area contributed by atoms with Gasteiger partial charge in [-0.05, 0) is 62.2 Å². The van der Waals surface area contributed by atoms with Crippen molar-refractivity contribution in [2.75, 3.05) is 18.0 Å². The van der Waals surface area contributed by atoms with E-state index in [1.807, 2.05) is 72.7 Å². The van der Waals surface area contributed by atoms with Gasteiger partial charge >= 0.3 is 0 Å². The molecule has 0 amide bonds. The Hall–Kier alpha value is -3.82. The monoisotopic (exact) mass is 625 g/mol. The number of rotatable bonds is 6. The quantitative estimate of drug-likeness (QED) is 0.110. The molecule has 0 radical (unpaired) electrons. The van der Waals surface area contributed by atoms with E-state index in [1.165, 1.54) is 24.7 Å². The molecule has 0 spiro atoms. The Labute approximate surface area is 269 Å². The number of aliphatic imine (C=N–C) groups is 1. The van der Waals surface area contributed by atoms with Gasteiger partial charge in [-0.25, -0.2) is 9.97 Å². The maximum Gasteiger partial charge on any atom is 0.178 e. The van der Waals surface area contributed by atoms with Crippen LogP contribution in [0.3, 0.4) is 0 Å². The van der Waals surface area contributed by atoms with Crippen LogP contribution < -0.4 is 11.5 Å². The summed E-state index contributed by atoms with van der Waals surface area (Å²) in [6, 6.07) is 9.38. The summed E-state index contributed by atoms with van der Waals surface area (Å²) in [4.78, 5) is 23.4. The fourth-order valence-electron chi connectivity index (χ4n) is 3.10. The number of aromatic nitrogens is 2. The third-order valence-electron chi connectivity index (χ3n) is 4.86. The summed E-state index contributed by atoms with van der Waals surface area (Å²) in [5.41, 5.74) is 16.9. The molecule has 4 aromatic rings. The molecule has 0 saturated carbocycles. The third-order valence-corrected chi connectivity index (χ3v) is 5.76. The van der Waals surface area contributed by atoms with Crippen molar-refractivity contribution in [1.29, 1.82) is 0 Å². The van der Waals surface area contributed by atoms with Gasteiger partial charge in [-0.15, -0.1) is 11.3 Å². The van der Waals surface area contributed by atoms with Crippen molar-refractivity contribution in [3.8, 4) is 21.7 Å². The largest absolute Gasteiger partial charge is 0.472 e. The molecule has 5 N–H and O–H groups in total. The maximum absolute atomic E-state index is 11.1. The molecule has 1 aromatic carbocycles. The van der Waals surface area contributed by atoms with Crippen molar-refractivity contribution in [3.63, 3.8) is 0 Å². The molecule has 244 valence electrons. The highest BCUT2D eigenvalue weighted by atomic mass is 32.1. The molecule has 0 aliphatic carbocycles. The summed E-state index contributed by atoms with van der Waals surface area (Å²) < 4.78 is 5.10. The number of aryl methyl sites for hydroxylation is 1. The third kappa shape index (κ3) is 16.1. The van der Waals surface area contributed by atoms with Crippen molar-refractivity contribution in [2.45, 2.75) is 95.1 Å². The van der Waals surface area contributed by atoms with E-state index < -0.39 is 5.60 Å². The second-order valence-electron chi connectivity index (χ2n) is 9.36. The van der Waals surface area contributed by atoms with Gasteiger partial charge in [0.15, 0.2) is 5.78 Å². The molecular formula is C35H55N5O3S. The molecule has 8 nitrogen and oxygen atoms in total. The number of nitrogens with two attached hydrogens (primary N) is 2. The second-order valence-corrected chi connectivity index (χ2v) is 10.2. The van der Waals surface area contributed by atoms with Crippen LogP contribution in [0.25, 0.3) is 21.7 Å². The van der Waals surface area contributed by atoms with Crippen LogP contribution in [-0.4, -0.2) is 39.2 Å². The van der Waals surface area contributed by atoms with Gasteiger partial charge in [-0.2, -0.15) is 0 Å². The average Bonchev–Trinajstić information content (AvgIpc) is 3.72. The van der Waals surface area contributed by atoms with E-state index in [9.17, 15) is 9.90 Å². The van der Waals surface area contributed by atoms with E-state index in [1.54, 1.807) is 50.2 Å². The Morgan fingerprint density at radius 3 is 2.14 bits per heavy atom. The fourth-order valence-corrected chi connectivity index (χ4v) is 3.96. The molecule has 0 bridgehead atoms. The molecular weight excluding hydrogens is 570 g/mol. The summed E-state index contributed by atoms with van der Waals surface area (Å²) in [6.07, 6.45) is 7.92. The van der Waals surface area contributed by atoms with Crippen LogP contribution in [0.1, 0.15) is 104 Å². The van der Waals surface area contributed by atoms with Gasteiger partial charge in [0.05, 0.1) is 24.7 Å². The Morgan fingerprint density at radius 2 is 1.66 bits per heavy atom. The predicted molar refractivity (Wildman–Crippen MR) is 192 cm³/mol. The summed E-state index contributed by atoms with van der Waals surface area (Å²) >= 11 is 1.42. The van der Waals surface area contributed by atoms with Gasteiger partial charge in [-0.1, -0.05) is 61.8 Å². The molecule has 44 heavy (non-hydrogen) atoms. The van der Waals surface area contributed by atoms with Crippen molar-refractivity contribution < 1.29 is 14.3 Å². The second kappa shape index (κ2) is 23.6. The number of hydrogen-bond acceptors (Lipinski definition) is 9. The smallest absolute Gasteiger partial charge is 0.178 e. The fraction of sp³-hybridized carbons (Fsp3) is 0.429. The highest BCUT2D eigenvalue weighted by molar-refractivity contribution is 7.13. The number of nitrogens with zero attached hydrogens (tertiary/aromatic N) is 3. The van der Waals surface area contributed by atoms with Crippen molar-refractivity contribution in [1.82, 2.24) is 9.97 Å². The predicted octanol–water partition coefficient (Wildman–Crippen LogP) is 9.51. The highest BCUT2D eigenvalue weighted by Gasteiger charge is 2.11. The first-order valence-electron chi connectivity index (χ1n) is 15.3. The zero-order valence-electron chi connectivity index (χ0n) is 28.9. The minimum atomic E-state index is -0.808. The lowest BCUT2D eigenvalue weighted by Crippen LogP contribution is -2.22. The number of carbonyl (C=O) groups excluding carboxylic acids is 1. The van der Waals surface area contributed by atoms with E-state index in [-0.39, 0.29) is 5.78 Å². The number of benzene rings is 1. The van der Waals surface area contributed by atoms with Crippen LogP contribution in [0, 0.1) is 6.92 Å². The van der Waals surface area contributed by atoms with E-state index in [0.717, 1.165) is 32.8 Å².